The zero-order valence-corrected chi connectivity index (χ0v) is 23.6. The second kappa shape index (κ2) is 11.3. The van der Waals surface area contributed by atoms with Crippen LogP contribution in [0.5, 0.6) is 5.75 Å². The molecule has 0 saturated carbocycles. The molecule has 0 heterocycles. The van der Waals surface area contributed by atoms with E-state index in [4.69, 9.17) is 5.73 Å². The van der Waals surface area contributed by atoms with E-state index in [1.807, 2.05) is 0 Å². The van der Waals surface area contributed by atoms with E-state index in [1.54, 1.807) is 25.1 Å². The molecule has 6 N–H and O–H groups in total. The van der Waals surface area contributed by atoms with Crippen molar-refractivity contribution in [1.82, 2.24) is 4.90 Å². The predicted molar refractivity (Wildman–Crippen MR) is 151 cm³/mol. The predicted octanol–water partition coefficient (Wildman–Crippen LogP) is 3.93. The maximum Gasteiger partial charge on any atom is 0.416 e. The second-order valence-electron chi connectivity index (χ2n) is 10.9. The van der Waals surface area contributed by atoms with Gasteiger partial charge >= 0.3 is 6.18 Å². The molecule has 12 heteroatoms. The normalized spacial score (nSPS) is 22.8. The molecule has 43 heavy (non-hydrogen) atoms. The number of likely N-dealkylation sites (N-methyl/N-ethyl adjacent to an activating group) is 1. The van der Waals surface area contributed by atoms with Gasteiger partial charge in [0.25, 0.3) is 5.91 Å². The summed E-state index contributed by atoms with van der Waals surface area (Å²) in [6, 6.07) is 6.12. The zero-order chi connectivity index (χ0) is 32.0. The number of rotatable bonds is 7. The number of aliphatic hydroxyl groups excluding tert-OH is 2. The molecule has 4 rings (SSSR count). The number of nitrogens with two attached hydrogens (primary N) is 1. The first-order valence-corrected chi connectivity index (χ1v) is 13.4. The Kier molecular flexibility index (Phi) is 8.31. The fourth-order valence-electron chi connectivity index (χ4n) is 5.62. The maximum absolute atomic E-state index is 14.0. The van der Waals surface area contributed by atoms with Crippen LogP contribution < -0.4 is 5.73 Å². The Hall–Kier alpha value is -4.42. The number of ketones is 2. The number of aliphatic hydroxyl groups is 3. The van der Waals surface area contributed by atoms with Crippen molar-refractivity contribution in [3.05, 3.63) is 81.1 Å². The number of aromatic hydroxyl groups is 1. The molecule has 1 amide bonds. The number of Topliss-reactive ketones (excluding diaryl/α,β-unsaturated/α-hetero) is 2. The zero-order valence-electron chi connectivity index (χ0n) is 23.6. The number of benzene rings is 2. The fraction of sp³-hybridized carbons (Fsp3) is 0.323. The quantitative estimate of drug-likeness (QED) is 0.236. The van der Waals surface area contributed by atoms with Crippen LogP contribution in [0.15, 0.2) is 53.3 Å². The summed E-state index contributed by atoms with van der Waals surface area (Å²) in [5.41, 5.74) is 1.84. The van der Waals surface area contributed by atoms with Gasteiger partial charge in [0.05, 0.1) is 17.2 Å². The van der Waals surface area contributed by atoms with Crippen molar-refractivity contribution < 1.29 is 48.0 Å². The number of halogens is 3. The molecule has 0 saturated heterocycles. The third kappa shape index (κ3) is 5.55. The summed E-state index contributed by atoms with van der Waals surface area (Å²) in [6.07, 6.45) is -1.58. The molecule has 0 unspecified atom stereocenters. The van der Waals surface area contributed by atoms with E-state index in [1.165, 1.54) is 37.2 Å². The summed E-state index contributed by atoms with van der Waals surface area (Å²) >= 11 is 0. The molecule has 9 nitrogen and oxygen atoms in total. The number of hydrogen-bond acceptors (Lipinski definition) is 8. The van der Waals surface area contributed by atoms with Gasteiger partial charge in [0.2, 0.25) is 5.78 Å². The number of phenolic OH excluding ortho intramolecular Hbond substituents is 1. The Morgan fingerprint density at radius 3 is 2.23 bits per heavy atom. The minimum Gasteiger partial charge on any atom is -0.508 e. The summed E-state index contributed by atoms with van der Waals surface area (Å²) in [5.74, 6) is -6.32. The number of primary amides is 1. The molecular formula is C31H31F3N2O7. The van der Waals surface area contributed by atoms with Crippen LogP contribution in [-0.4, -0.2) is 68.5 Å². The van der Waals surface area contributed by atoms with Crippen LogP contribution >= 0.6 is 0 Å². The van der Waals surface area contributed by atoms with Crippen LogP contribution in [0.2, 0.25) is 0 Å². The molecule has 0 aliphatic heterocycles. The SMILES string of the molecule is CC[C@H]1Cc2c(/C=C/c3ccc(C(F)(F)F)cc3)ccc(O)c2C(O)=C1C(=O)[C@@]1(O)C[C@H](N(C)C)C(=O)C(C(N)=O)=C1O. The van der Waals surface area contributed by atoms with E-state index in [0.717, 1.165) is 12.1 Å². The molecule has 0 aromatic heterocycles. The number of phenols is 1. The van der Waals surface area contributed by atoms with Crippen LogP contribution in [0.25, 0.3) is 17.9 Å². The molecule has 0 spiro atoms. The van der Waals surface area contributed by atoms with Crippen LogP contribution in [0.1, 0.15) is 47.6 Å². The van der Waals surface area contributed by atoms with Gasteiger partial charge in [-0.25, -0.2) is 0 Å². The van der Waals surface area contributed by atoms with Crippen molar-refractivity contribution in [2.45, 2.75) is 44.0 Å². The lowest BCUT2D eigenvalue weighted by atomic mass is 9.70. The molecule has 2 aliphatic rings. The van der Waals surface area contributed by atoms with Gasteiger partial charge in [0.1, 0.15) is 22.8 Å². The van der Waals surface area contributed by atoms with E-state index in [9.17, 15) is 48.0 Å². The summed E-state index contributed by atoms with van der Waals surface area (Å²) in [7, 11) is 2.96. The highest BCUT2D eigenvalue weighted by Crippen LogP contribution is 2.45. The fourth-order valence-corrected chi connectivity index (χ4v) is 5.62. The Bertz CT molecular complexity index is 1590. The van der Waals surface area contributed by atoms with E-state index in [-0.39, 0.29) is 29.7 Å². The van der Waals surface area contributed by atoms with Crippen LogP contribution in [0.4, 0.5) is 13.2 Å². The monoisotopic (exact) mass is 600 g/mol. The van der Waals surface area contributed by atoms with E-state index >= 15 is 0 Å². The molecule has 2 aromatic rings. The molecule has 2 aromatic carbocycles. The number of nitrogens with zero attached hydrogens (tertiary/aromatic N) is 1. The van der Waals surface area contributed by atoms with Gasteiger partial charge in [-0.05, 0) is 67.7 Å². The molecule has 3 atom stereocenters. The summed E-state index contributed by atoms with van der Waals surface area (Å²) in [5, 5.41) is 44.6. The van der Waals surface area contributed by atoms with Gasteiger partial charge in [-0.3, -0.25) is 19.3 Å². The topological polar surface area (TPSA) is 161 Å². The standard InChI is InChI=1S/C31H31F3N2O7/c1-4-16-13-19-17(8-5-15-6-10-18(11-7-15)31(32,33)34)9-12-21(37)23(19)26(39)22(16)27(40)30(43)14-20(36(2)3)25(38)24(28(30)41)29(35)42/h5-12,16,20,37,39,41,43H,4,13-14H2,1-3H3,(H2,35,42)/b8-5+/t16-,20-,30-/m0/s1. The van der Waals surface area contributed by atoms with Gasteiger partial charge in [-0.2, -0.15) is 13.2 Å². The molecule has 0 bridgehead atoms. The van der Waals surface area contributed by atoms with Crippen molar-refractivity contribution in [1.29, 1.82) is 0 Å². The number of carbonyl (C=O) groups excluding carboxylic acids is 3. The average molecular weight is 601 g/mol. The van der Waals surface area contributed by atoms with E-state index in [2.05, 4.69) is 0 Å². The lowest BCUT2D eigenvalue weighted by Crippen LogP contribution is -2.56. The summed E-state index contributed by atoms with van der Waals surface area (Å²) in [6.45, 7) is 1.72. The highest BCUT2D eigenvalue weighted by atomic mass is 19.4. The highest BCUT2D eigenvalue weighted by molar-refractivity contribution is 6.24. The maximum atomic E-state index is 14.0. The van der Waals surface area contributed by atoms with Crippen molar-refractivity contribution in [3.63, 3.8) is 0 Å². The molecule has 228 valence electrons. The van der Waals surface area contributed by atoms with Crippen LogP contribution in [-0.2, 0) is 27.0 Å². The minimum atomic E-state index is -4.48. The second-order valence-corrected chi connectivity index (χ2v) is 10.9. The van der Waals surface area contributed by atoms with Gasteiger partial charge < -0.3 is 26.2 Å². The molecule has 0 fully saturated rings. The first-order valence-electron chi connectivity index (χ1n) is 13.4. The summed E-state index contributed by atoms with van der Waals surface area (Å²) in [4.78, 5) is 40.3. The lowest BCUT2D eigenvalue weighted by Gasteiger charge is -2.39. The molecular weight excluding hydrogens is 569 g/mol. The first-order chi connectivity index (χ1) is 20.0. The van der Waals surface area contributed by atoms with Gasteiger partial charge in [-0.15, -0.1) is 0 Å². The highest BCUT2D eigenvalue weighted by Gasteiger charge is 2.54. The van der Waals surface area contributed by atoms with Crippen molar-refractivity contribution in [2.75, 3.05) is 14.1 Å². The number of alkyl halides is 3. The first kappa shape index (κ1) is 31.5. The van der Waals surface area contributed by atoms with Crippen LogP contribution in [0.3, 0.4) is 0 Å². The van der Waals surface area contributed by atoms with Crippen LogP contribution in [0, 0.1) is 5.92 Å². The number of hydrogen-bond donors (Lipinski definition) is 5. The number of amides is 1. The smallest absolute Gasteiger partial charge is 0.416 e. The average Bonchev–Trinajstić information content (AvgIpc) is 2.93. The molecule has 2 aliphatic carbocycles. The number of carbonyl (C=O) groups is 3. The number of fused-ring (bicyclic) bond motifs is 1. The molecule has 0 radical (unpaired) electrons. The van der Waals surface area contributed by atoms with Gasteiger partial charge in [0, 0.05) is 12.0 Å². The van der Waals surface area contributed by atoms with Gasteiger partial charge in [0.15, 0.2) is 11.4 Å². The Balaban J connectivity index is 1.82. The van der Waals surface area contributed by atoms with Crippen molar-refractivity contribution in [3.8, 4) is 5.75 Å². The third-order valence-corrected chi connectivity index (χ3v) is 8.02. The Morgan fingerprint density at radius 2 is 1.70 bits per heavy atom. The lowest BCUT2D eigenvalue weighted by molar-refractivity contribution is -0.140. The van der Waals surface area contributed by atoms with Gasteiger partial charge in [-0.1, -0.05) is 37.3 Å². The van der Waals surface area contributed by atoms with E-state index in [0.29, 0.717) is 16.7 Å². The minimum absolute atomic E-state index is 0.0946. The Morgan fingerprint density at radius 1 is 1.07 bits per heavy atom. The third-order valence-electron chi connectivity index (χ3n) is 8.02. The summed E-state index contributed by atoms with van der Waals surface area (Å²) < 4.78 is 38.8. The van der Waals surface area contributed by atoms with Crippen molar-refractivity contribution >= 4 is 35.4 Å². The van der Waals surface area contributed by atoms with Crippen molar-refractivity contribution in [2.24, 2.45) is 11.7 Å². The van der Waals surface area contributed by atoms with E-state index < -0.39 is 70.3 Å². The largest absolute Gasteiger partial charge is 0.508 e. The Labute approximate surface area is 245 Å².